The van der Waals surface area contributed by atoms with Crippen molar-refractivity contribution in [2.24, 2.45) is 0 Å². The topological polar surface area (TPSA) is 90.1 Å². The van der Waals surface area contributed by atoms with Crippen molar-refractivity contribution in [2.75, 3.05) is 0 Å². The Morgan fingerprint density at radius 1 is 1.50 bits per heavy atom. The molecule has 116 valence electrons. The Kier molecular flexibility index (Phi) is 4.77. The zero-order chi connectivity index (χ0) is 16.3. The van der Waals surface area contributed by atoms with E-state index in [-0.39, 0.29) is 22.8 Å². The van der Waals surface area contributed by atoms with Gasteiger partial charge < -0.3 is 5.32 Å². The minimum Gasteiger partial charge on any atom is -0.348 e. The Labute approximate surface area is 132 Å². The van der Waals surface area contributed by atoms with Crippen LogP contribution < -0.4 is 5.32 Å². The lowest BCUT2D eigenvalue weighted by atomic mass is 10.1. The van der Waals surface area contributed by atoms with Crippen LogP contribution in [-0.2, 0) is 13.1 Å². The number of carbonyl (C=O) groups is 1. The largest absolute Gasteiger partial charge is 0.348 e. The second kappa shape index (κ2) is 6.57. The third-order valence-electron chi connectivity index (χ3n) is 3.21. The zero-order valence-electron chi connectivity index (χ0n) is 12.2. The molecule has 1 aromatic heterocycles. The van der Waals surface area contributed by atoms with Crippen molar-refractivity contribution in [1.82, 2.24) is 15.1 Å². The summed E-state index contributed by atoms with van der Waals surface area (Å²) in [5.74, 6) is -0.544. The number of aryl methyl sites for hydroxylation is 2. The summed E-state index contributed by atoms with van der Waals surface area (Å²) in [7, 11) is 0. The number of aromatic nitrogens is 2. The minimum atomic E-state index is -0.606. The van der Waals surface area contributed by atoms with Crippen molar-refractivity contribution in [2.45, 2.75) is 26.9 Å². The number of nitro benzene ring substituents is 1. The van der Waals surface area contributed by atoms with Crippen LogP contribution in [0.25, 0.3) is 0 Å². The summed E-state index contributed by atoms with van der Waals surface area (Å²) < 4.78 is 1.76. The highest BCUT2D eigenvalue weighted by Gasteiger charge is 2.20. The van der Waals surface area contributed by atoms with E-state index in [1.807, 2.05) is 20.0 Å². The van der Waals surface area contributed by atoms with Gasteiger partial charge in [-0.3, -0.25) is 19.6 Å². The van der Waals surface area contributed by atoms with Gasteiger partial charge in [0.2, 0.25) is 0 Å². The molecule has 0 unspecified atom stereocenters. The number of nitro groups is 1. The molecule has 2 aromatic rings. The fourth-order valence-corrected chi connectivity index (χ4v) is 2.19. The highest BCUT2D eigenvalue weighted by atomic mass is 35.5. The van der Waals surface area contributed by atoms with Gasteiger partial charge >= 0.3 is 0 Å². The normalized spacial score (nSPS) is 10.5. The van der Waals surface area contributed by atoms with Gasteiger partial charge in [-0.2, -0.15) is 5.10 Å². The molecule has 0 aliphatic heterocycles. The van der Waals surface area contributed by atoms with Crippen molar-refractivity contribution in [3.63, 3.8) is 0 Å². The summed E-state index contributed by atoms with van der Waals surface area (Å²) in [5.41, 5.74) is 1.34. The number of halogens is 1. The van der Waals surface area contributed by atoms with E-state index in [1.54, 1.807) is 4.68 Å². The summed E-state index contributed by atoms with van der Waals surface area (Å²) in [4.78, 5) is 22.6. The molecule has 0 saturated carbocycles. The molecule has 2 rings (SSSR count). The van der Waals surface area contributed by atoms with Gasteiger partial charge in [-0.1, -0.05) is 11.6 Å². The van der Waals surface area contributed by atoms with Crippen molar-refractivity contribution < 1.29 is 9.72 Å². The second-order valence-electron chi connectivity index (χ2n) is 4.70. The highest BCUT2D eigenvalue weighted by molar-refractivity contribution is 6.31. The lowest BCUT2D eigenvalue weighted by molar-refractivity contribution is -0.385. The molecule has 8 heteroatoms. The molecule has 0 bridgehead atoms. The lowest BCUT2D eigenvalue weighted by Gasteiger charge is -2.05. The average molecular weight is 323 g/mol. The summed E-state index contributed by atoms with van der Waals surface area (Å²) >= 11 is 5.81. The van der Waals surface area contributed by atoms with Crippen LogP contribution in [0.15, 0.2) is 24.4 Å². The Hall–Kier alpha value is -2.41. The molecule has 1 heterocycles. The monoisotopic (exact) mass is 322 g/mol. The van der Waals surface area contributed by atoms with Gasteiger partial charge in [0.1, 0.15) is 5.56 Å². The van der Waals surface area contributed by atoms with Crippen LogP contribution in [0.3, 0.4) is 0 Å². The van der Waals surface area contributed by atoms with Crippen molar-refractivity contribution in [1.29, 1.82) is 0 Å². The minimum absolute atomic E-state index is 0.0574. The van der Waals surface area contributed by atoms with Crippen LogP contribution >= 0.6 is 11.6 Å². The molecular formula is C14H15ClN4O3. The molecular weight excluding hydrogens is 308 g/mol. The third kappa shape index (κ3) is 3.43. The summed E-state index contributed by atoms with van der Waals surface area (Å²) in [6, 6.07) is 3.89. The molecule has 0 fully saturated rings. The number of rotatable bonds is 5. The molecule has 0 spiro atoms. The number of benzene rings is 1. The predicted octanol–water partition coefficient (Wildman–Crippen LogP) is 2.70. The Morgan fingerprint density at radius 3 is 2.82 bits per heavy atom. The van der Waals surface area contributed by atoms with Crippen molar-refractivity contribution in [3.8, 4) is 0 Å². The Morgan fingerprint density at radius 2 is 2.23 bits per heavy atom. The SMILES string of the molecule is CCn1cc(CNC(=O)c2cc(Cl)ccc2[N+](=O)[O-])c(C)n1. The number of nitrogens with zero attached hydrogens (tertiary/aromatic N) is 3. The molecule has 1 N–H and O–H groups in total. The number of hydrogen-bond acceptors (Lipinski definition) is 4. The van der Waals surface area contributed by atoms with Gasteiger partial charge in [-0.05, 0) is 26.0 Å². The first kappa shape index (κ1) is 16.0. The molecule has 1 aromatic carbocycles. The maximum atomic E-state index is 12.2. The molecule has 0 radical (unpaired) electrons. The first-order chi connectivity index (χ1) is 10.4. The summed E-state index contributed by atoms with van der Waals surface area (Å²) in [6.07, 6.45) is 1.84. The van der Waals surface area contributed by atoms with E-state index in [2.05, 4.69) is 10.4 Å². The average Bonchev–Trinajstić information content (AvgIpc) is 2.84. The molecule has 0 atom stereocenters. The third-order valence-corrected chi connectivity index (χ3v) is 3.45. The van der Waals surface area contributed by atoms with Crippen LogP contribution in [0.4, 0.5) is 5.69 Å². The summed E-state index contributed by atoms with van der Waals surface area (Å²) in [5, 5.41) is 18.2. The van der Waals surface area contributed by atoms with Gasteiger partial charge in [-0.15, -0.1) is 0 Å². The van der Waals surface area contributed by atoms with Gasteiger partial charge in [-0.25, -0.2) is 0 Å². The van der Waals surface area contributed by atoms with E-state index < -0.39 is 10.8 Å². The molecule has 7 nitrogen and oxygen atoms in total. The number of amides is 1. The van der Waals surface area contributed by atoms with E-state index in [1.165, 1.54) is 18.2 Å². The van der Waals surface area contributed by atoms with Crippen LogP contribution in [0, 0.1) is 17.0 Å². The Balaban J connectivity index is 2.17. The van der Waals surface area contributed by atoms with Crippen LogP contribution in [0.2, 0.25) is 5.02 Å². The number of carbonyl (C=O) groups excluding carboxylic acids is 1. The quantitative estimate of drug-likeness (QED) is 0.677. The second-order valence-corrected chi connectivity index (χ2v) is 5.13. The fraction of sp³-hybridized carbons (Fsp3) is 0.286. The van der Waals surface area contributed by atoms with E-state index in [0.717, 1.165) is 17.8 Å². The maximum Gasteiger partial charge on any atom is 0.282 e. The summed E-state index contributed by atoms with van der Waals surface area (Å²) in [6.45, 7) is 4.78. The highest BCUT2D eigenvalue weighted by Crippen LogP contribution is 2.22. The maximum absolute atomic E-state index is 12.2. The number of hydrogen-bond donors (Lipinski definition) is 1. The first-order valence-electron chi connectivity index (χ1n) is 6.67. The van der Waals surface area contributed by atoms with Crippen LogP contribution in [0.1, 0.15) is 28.5 Å². The van der Waals surface area contributed by atoms with Gasteiger partial charge in [0, 0.05) is 35.9 Å². The van der Waals surface area contributed by atoms with Gasteiger partial charge in [0.05, 0.1) is 10.6 Å². The molecule has 22 heavy (non-hydrogen) atoms. The van der Waals surface area contributed by atoms with E-state index >= 15 is 0 Å². The number of nitrogens with one attached hydrogen (secondary N) is 1. The molecule has 1 amide bonds. The van der Waals surface area contributed by atoms with E-state index in [9.17, 15) is 14.9 Å². The molecule has 0 aliphatic rings. The van der Waals surface area contributed by atoms with Crippen LogP contribution in [-0.4, -0.2) is 20.6 Å². The fourth-order valence-electron chi connectivity index (χ4n) is 2.01. The van der Waals surface area contributed by atoms with E-state index in [0.29, 0.717) is 0 Å². The standard InChI is InChI=1S/C14H15ClN4O3/c1-3-18-8-10(9(2)17-18)7-16-14(20)12-6-11(15)4-5-13(12)19(21)22/h4-6,8H,3,7H2,1-2H3,(H,16,20). The zero-order valence-corrected chi connectivity index (χ0v) is 12.9. The van der Waals surface area contributed by atoms with Gasteiger partial charge in [0.15, 0.2) is 0 Å². The van der Waals surface area contributed by atoms with Crippen molar-refractivity contribution in [3.05, 3.63) is 56.4 Å². The smallest absolute Gasteiger partial charge is 0.282 e. The van der Waals surface area contributed by atoms with Crippen LogP contribution in [0.5, 0.6) is 0 Å². The lowest BCUT2D eigenvalue weighted by Crippen LogP contribution is -2.23. The first-order valence-corrected chi connectivity index (χ1v) is 7.05. The molecule has 0 saturated heterocycles. The van der Waals surface area contributed by atoms with Gasteiger partial charge in [0.25, 0.3) is 11.6 Å². The molecule has 0 aliphatic carbocycles. The van der Waals surface area contributed by atoms with E-state index in [4.69, 9.17) is 11.6 Å². The Bertz CT molecular complexity index is 727. The van der Waals surface area contributed by atoms with Crippen molar-refractivity contribution >= 4 is 23.2 Å². The predicted molar refractivity (Wildman–Crippen MR) is 81.9 cm³/mol.